The van der Waals surface area contributed by atoms with Gasteiger partial charge in [0.2, 0.25) is 0 Å². The fourth-order valence-corrected chi connectivity index (χ4v) is 5.12. The van der Waals surface area contributed by atoms with Crippen molar-refractivity contribution in [3.05, 3.63) is 34.0 Å². The number of hydrogen-bond acceptors (Lipinski definition) is 6. The lowest BCUT2D eigenvalue weighted by atomic mass is 9.81. The van der Waals surface area contributed by atoms with E-state index in [9.17, 15) is 9.59 Å². The van der Waals surface area contributed by atoms with Gasteiger partial charge in [0, 0.05) is 28.7 Å². The monoisotopic (exact) mass is 404 g/mol. The van der Waals surface area contributed by atoms with Crippen LogP contribution in [0.1, 0.15) is 72.8 Å². The predicted octanol–water partition coefficient (Wildman–Crippen LogP) is 3.55. The summed E-state index contributed by atoms with van der Waals surface area (Å²) < 4.78 is 7.01. The van der Waals surface area contributed by atoms with Crippen molar-refractivity contribution < 1.29 is 14.3 Å². The van der Waals surface area contributed by atoms with E-state index in [-0.39, 0.29) is 23.6 Å². The second-order valence-corrected chi connectivity index (χ2v) is 9.18. The Balaban J connectivity index is 2.04. The van der Waals surface area contributed by atoms with Gasteiger partial charge in [0.1, 0.15) is 5.00 Å². The Kier molecular flexibility index (Phi) is 5.38. The van der Waals surface area contributed by atoms with Gasteiger partial charge in [-0.05, 0) is 59.6 Å². The maximum absolute atomic E-state index is 12.8. The third-order valence-electron chi connectivity index (χ3n) is 4.75. The highest BCUT2D eigenvalue weighted by atomic mass is 32.1. The van der Waals surface area contributed by atoms with Gasteiger partial charge in [-0.25, -0.2) is 4.79 Å². The van der Waals surface area contributed by atoms with E-state index in [4.69, 9.17) is 4.74 Å². The van der Waals surface area contributed by atoms with Crippen LogP contribution in [0, 0.1) is 0 Å². The Bertz CT molecular complexity index is 911. The molecule has 0 aromatic carbocycles. The van der Waals surface area contributed by atoms with Crippen molar-refractivity contribution in [2.75, 3.05) is 11.9 Å². The maximum Gasteiger partial charge on any atom is 0.341 e. The number of fused-ring (bicyclic) bond motifs is 1. The number of hydrogen-bond donors (Lipinski definition) is 2. The topological polar surface area (TPSA) is 85.2 Å². The number of anilines is 1. The summed E-state index contributed by atoms with van der Waals surface area (Å²) in [6.45, 7) is 13.1. The predicted molar refractivity (Wildman–Crippen MR) is 110 cm³/mol. The Morgan fingerprint density at radius 2 is 2.04 bits per heavy atom. The number of ether oxygens (including phenoxy) is 1. The van der Waals surface area contributed by atoms with E-state index in [1.807, 2.05) is 6.92 Å². The van der Waals surface area contributed by atoms with Gasteiger partial charge in [0.25, 0.3) is 5.91 Å². The molecule has 3 heterocycles. The zero-order chi connectivity index (χ0) is 20.7. The molecule has 8 heteroatoms. The van der Waals surface area contributed by atoms with Crippen LogP contribution in [0.5, 0.6) is 0 Å². The van der Waals surface area contributed by atoms with Crippen molar-refractivity contribution in [3.63, 3.8) is 0 Å². The molecule has 0 atom stereocenters. The zero-order valence-corrected chi connectivity index (χ0v) is 18.1. The average molecular weight is 405 g/mol. The SMILES string of the molecule is CCOC(=O)c1c(NC(=O)c2ccn(CC)n2)sc2c1CC(C)(C)NC2(C)C. The maximum atomic E-state index is 12.8. The molecule has 0 saturated carbocycles. The summed E-state index contributed by atoms with van der Waals surface area (Å²) in [6, 6.07) is 1.67. The highest BCUT2D eigenvalue weighted by molar-refractivity contribution is 7.17. The molecule has 7 nitrogen and oxygen atoms in total. The molecule has 0 spiro atoms. The van der Waals surface area contributed by atoms with Crippen LogP contribution in [-0.2, 0) is 23.2 Å². The standard InChI is InChI=1S/C20H28N4O3S/c1-7-24-10-9-13(22-24)16(25)21-17-14(18(26)27-8-2)12-11-19(3,4)23-20(5,6)15(12)28-17/h9-10,23H,7-8,11H2,1-6H3,(H,21,25). The number of carbonyl (C=O) groups excluding carboxylic acids is 2. The smallest absolute Gasteiger partial charge is 0.341 e. The molecule has 152 valence electrons. The molecule has 0 fully saturated rings. The summed E-state index contributed by atoms with van der Waals surface area (Å²) >= 11 is 1.43. The Morgan fingerprint density at radius 1 is 1.32 bits per heavy atom. The number of rotatable bonds is 5. The van der Waals surface area contributed by atoms with Crippen LogP contribution in [0.25, 0.3) is 0 Å². The van der Waals surface area contributed by atoms with Crippen LogP contribution >= 0.6 is 11.3 Å². The lowest BCUT2D eigenvalue weighted by Gasteiger charge is -2.42. The molecule has 2 N–H and O–H groups in total. The van der Waals surface area contributed by atoms with Gasteiger partial charge in [0.05, 0.1) is 12.2 Å². The van der Waals surface area contributed by atoms with Crippen molar-refractivity contribution in [1.82, 2.24) is 15.1 Å². The molecule has 0 unspecified atom stereocenters. The first-order valence-corrected chi connectivity index (χ1v) is 10.4. The minimum absolute atomic E-state index is 0.181. The number of esters is 1. The molecule has 2 aromatic rings. The lowest BCUT2D eigenvalue weighted by molar-refractivity contribution is 0.0526. The van der Waals surface area contributed by atoms with Gasteiger partial charge < -0.3 is 15.4 Å². The number of thiophene rings is 1. The molecule has 0 aliphatic carbocycles. The number of nitrogens with zero attached hydrogens (tertiary/aromatic N) is 2. The molecule has 1 amide bonds. The first-order valence-electron chi connectivity index (χ1n) is 9.55. The average Bonchev–Trinajstić information content (AvgIpc) is 3.18. The summed E-state index contributed by atoms with van der Waals surface area (Å²) in [4.78, 5) is 26.6. The van der Waals surface area contributed by atoms with Gasteiger partial charge >= 0.3 is 5.97 Å². The lowest BCUT2D eigenvalue weighted by Crippen LogP contribution is -2.55. The molecule has 28 heavy (non-hydrogen) atoms. The third kappa shape index (κ3) is 3.84. The zero-order valence-electron chi connectivity index (χ0n) is 17.3. The number of aromatic nitrogens is 2. The molecule has 0 radical (unpaired) electrons. The summed E-state index contributed by atoms with van der Waals surface area (Å²) in [5, 5.41) is 11.3. The summed E-state index contributed by atoms with van der Waals surface area (Å²) in [5.74, 6) is -0.732. The second-order valence-electron chi connectivity index (χ2n) is 8.16. The van der Waals surface area contributed by atoms with Gasteiger partial charge in [-0.15, -0.1) is 11.3 Å². The number of carbonyl (C=O) groups is 2. The van der Waals surface area contributed by atoms with Gasteiger partial charge in [-0.1, -0.05) is 0 Å². The Morgan fingerprint density at radius 3 is 2.64 bits per heavy atom. The van der Waals surface area contributed by atoms with Crippen molar-refractivity contribution in [1.29, 1.82) is 0 Å². The van der Waals surface area contributed by atoms with E-state index >= 15 is 0 Å². The molecule has 3 rings (SSSR count). The molecule has 0 bridgehead atoms. The molecule has 0 saturated heterocycles. The van der Waals surface area contributed by atoms with Crippen LogP contribution in [0.15, 0.2) is 12.3 Å². The van der Waals surface area contributed by atoms with Crippen molar-refractivity contribution >= 4 is 28.2 Å². The van der Waals surface area contributed by atoms with E-state index in [0.29, 0.717) is 29.2 Å². The molecular formula is C20H28N4O3S. The summed E-state index contributed by atoms with van der Waals surface area (Å²) in [7, 11) is 0. The fourth-order valence-electron chi connectivity index (χ4n) is 3.86. The molecule has 2 aromatic heterocycles. The van der Waals surface area contributed by atoms with E-state index in [1.54, 1.807) is 23.9 Å². The minimum Gasteiger partial charge on any atom is -0.462 e. The molecular weight excluding hydrogens is 376 g/mol. The van der Waals surface area contributed by atoms with Gasteiger partial charge in [-0.2, -0.15) is 5.10 Å². The third-order valence-corrected chi connectivity index (χ3v) is 6.22. The highest BCUT2D eigenvalue weighted by Gasteiger charge is 2.42. The van der Waals surface area contributed by atoms with Gasteiger partial charge in [0.15, 0.2) is 5.69 Å². The van der Waals surface area contributed by atoms with Crippen LogP contribution < -0.4 is 10.6 Å². The Hall–Kier alpha value is -2.19. The minimum atomic E-state index is -0.400. The quantitative estimate of drug-likeness (QED) is 0.745. The largest absolute Gasteiger partial charge is 0.462 e. The first kappa shape index (κ1) is 20.5. The first-order chi connectivity index (χ1) is 13.1. The van der Waals surface area contributed by atoms with Crippen LogP contribution in [0.4, 0.5) is 5.00 Å². The summed E-state index contributed by atoms with van der Waals surface area (Å²) in [6.07, 6.45) is 2.44. The van der Waals surface area contributed by atoms with Crippen LogP contribution in [0.3, 0.4) is 0 Å². The highest BCUT2D eigenvalue weighted by Crippen LogP contribution is 2.45. The second kappa shape index (κ2) is 7.33. The number of aryl methyl sites for hydroxylation is 1. The van der Waals surface area contributed by atoms with Crippen LogP contribution in [0.2, 0.25) is 0 Å². The number of amides is 1. The van der Waals surface area contributed by atoms with Crippen molar-refractivity contribution in [3.8, 4) is 0 Å². The van der Waals surface area contributed by atoms with Gasteiger partial charge in [-0.3, -0.25) is 9.48 Å². The normalized spacial score (nSPS) is 17.1. The van der Waals surface area contributed by atoms with E-state index in [1.165, 1.54) is 11.3 Å². The van der Waals surface area contributed by atoms with E-state index < -0.39 is 5.97 Å². The Labute approximate surface area is 169 Å². The fraction of sp³-hybridized carbons (Fsp3) is 0.550. The summed E-state index contributed by atoms with van der Waals surface area (Å²) in [5.41, 5.74) is 1.23. The van der Waals surface area contributed by atoms with Crippen LogP contribution in [-0.4, -0.2) is 33.8 Å². The molecule has 1 aliphatic heterocycles. The van der Waals surface area contributed by atoms with E-state index in [2.05, 4.69) is 43.4 Å². The number of nitrogens with one attached hydrogen (secondary N) is 2. The molecule has 1 aliphatic rings. The van der Waals surface area contributed by atoms with Crippen molar-refractivity contribution in [2.45, 2.75) is 65.6 Å². The van der Waals surface area contributed by atoms with E-state index in [0.717, 1.165) is 10.4 Å². The van der Waals surface area contributed by atoms with Crippen molar-refractivity contribution in [2.24, 2.45) is 0 Å².